The molecule has 0 N–H and O–H groups in total. The van der Waals surface area contributed by atoms with Crippen molar-refractivity contribution in [3.05, 3.63) is 46.7 Å². The van der Waals surface area contributed by atoms with Crippen molar-refractivity contribution in [3.63, 3.8) is 0 Å². The zero-order valence-electron chi connectivity index (χ0n) is 11.4. The SMILES string of the molecule is COCc1cc(-c2ccc3cc(OC)ccc3n2)cs1. The van der Waals surface area contributed by atoms with Crippen LogP contribution in [0.2, 0.25) is 0 Å². The Bertz CT molecular complexity index is 736. The molecular formula is C16H15NO2S. The van der Waals surface area contributed by atoms with Gasteiger partial charge in [-0.25, -0.2) is 4.98 Å². The van der Waals surface area contributed by atoms with Crippen molar-refractivity contribution in [2.75, 3.05) is 14.2 Å². The van der Waals surface area contributed by atoms with Crippen LogP contribution in [-0.4, -0.2) is 19.2 Å². The first-order valence-electron chi connectivity index (χ1n) is 6.31. The van der Waals surface area contributed by atoms with E-state index in [-0.39, 0.29) is 0 Å². The summed E-state index contributed by atoms with van der Waals surface area (Å²) in [7, 11) is 3.38. The molecule has 0 aliphatic rings. The molecule has 20 heavy (non-hydrogen) atoms. The molecule has 3 aromatic rings. The first kappa shape index (κ1) is 13.1. The minimum Gasteiger partial charge on any atom is -0.497 e. The molecule has 2 aromatic heterocycles. The summed E-state index contributed by atoms with van der Waals surface area (Å²) < 4.78 is 10.4. The molecule has 0 fully saturated rings. The van der Waals surface area contributed by atoms with Crippen LogP contribution >= 0.6 is 11.3 Å². The quantitative estimate of drug-likeness (QED) is 0.722. The summed E-state index contributed by atoms with van der Waals surface area (Å²) in [5, 5.41) is 3.20. The second-order valence-electron chi connectivity index (χ2n) is 4.49. The van der Waals surface area contributed by atoms with Crippen LogP contribution in [0.5, 0.6) is 5.75 Å². The molecule has 0 bridgehead atoms. The van der Waals surface area contributed by atoms with Gasteiger partial charge in [-0.3, -0.25) is 0 Å². The van der Waals surface area contributed by atoms with Crippen LogP contribution in [0.15, 0.2) is 41.8 Å². The van der Waals surface area contributed by atoms with E-state index in [0.29, 0.717) is 6.61 Å². The Morgan fingerprint density at radius 1 is 1.10 bits per heavy atom. The lowest BCUT2D eigenvalue weighted by molar-refractivity contribution is 0.187. The lowest BCUT2D eigenvalue weighted by Gasteiger charge is -2.04. The maximum Gasteiger partial charge on any atom is 0.119 e. The molecule has 0 aliphatic carbocycles. The molecule has 0 spiro atoms. The first-order valence-corrected chi connectivity index (χ1v) is 7.19. The highest BCUT2D eigenvalue weighted by molar-refractivity contribution is 7.10. The standard InChI is InChI=1S/C16H15NO2S/c1-18-9-14-8-12(10-20-14)16-5-3-11-7-13(19-2)4-6-15(11)17-16/h3-8,10H,9H2,1-2H3. The van der Waals surface area contributed by atoms with Gasteiger partial charge in [0.05, 0.1) is 24.9 Å². The minimum absolute atomic E-state index is 0.648. The zero-order valence-corrected chi connectivity index (χ0v) is 12.2. The molecule has 0 unspecified atom stereocenters. The van der Waals surface area contributed by atoms with E-state index in [1.807, 2.05) is 24.3 Å². The number of benzene rings is 1. The maximum absolute atomic E-state index is 5.23. The fraction of sp³-hybridized carbons (Fsp3) is 0.188. The molecule has 0 amide bonds. The van der Waals surface area contributed by atoms with Crippen molar-refractivity contribution in [2.24, 2.45) is 0 Å². The highest BCUT2D eigenvalue weighted by Crippen LogP contribution is 2.27. The van der Waals surface area contributed by atoms with Crippen molar-refractivity contribution < 1.29 is 9.47 Å². The largest absolute Gasteiger partial charge is 0.497 e. The van der Waals surface area contributed by atoms with E-state index >= 15 is 0 Å². The maximum atomic E-state index is 5.23. The number of thiophene rings is 1. The lowest BCUT2D eigenvalue weighted by atomic mass is 10.1. The highest BCUT2D eigenvalue weighted by atomic mass is 32.1. The van der Waals surface area contributed by atoms with Crippen molar-refractivity contribution in [1.82, 2.24) is 4.98 Å². The molecule has 0 saturated heterocycles. The van der Waals surface area contributed by atoms with E-state index < -0.39 is 0 Å². The van der Waals surface area contributed by atoms with Gasteiger partial charge >= 0.3 is 0 Å². The summed E-state index contributed by atoms with van der Waals surface area (Å²) >= 11 is 1.70. The molecule has 1 aromatic carbocycles. The molecule has 3 rings (SSSR count). The summed E-state index contributed by atoms with van der Waals surface area (Å²) in [6.45, 7) is 0.648. The minimum atomic E-state index is 0.648. The predicted octanol–water partition coefficient (Wildman–Crippen LogP) is 4.12. The summed E-state index contributed by atoms with van der Waals surface area (Å²) in [6.07, 6.45) is 0. The van der Waals surface area contributed by atoms with Gasteiger partial charge in [0.1, 0.15) is 5.75 Å². The van der Waals surface area contributed by atoms with Crippen molar-refractivity contribution in [2.45, 2.75) is 6.61 Å². The van der Waals surface area contributed by atoms with Gasteiger partial charge in [0, 0.05) is 28.3 Å². The van der Waals surface area contributed by atoms with Gasteiger partial charge in [-0.2, -0.15) is 0 Å². The fourth-order valence-electron chi connectivity index (χ4n) is 2.12. The predicted molar refractivity (Wildman–Crippen MR) is 82.3 cm³/mol. The van der Waals surface area contributed by atoms with Crippen LogP contribution in [0.3, 0.4) is 0 Å². The highest BCUT2D eigenvalue weighted by Gasteiger charge is 2.05. The number of fused-ring (bicyclic) bond motifs is 1. The number of nitrogens with zero attached hydrogens (tertiary/aromatic N) is 1. The fourth-order valence-corrected chi connectivity index (χ4v) is 2.97. The number of aromatic nitrogens is 1. The summed E-state index contributed by atoms with van der Waals surface area (Å²) in [5.74, 6) is 0.852. The van der Waals surface area contributed by atoms with Crippen LogP contribution in [0.1, 0.15) is 4.88 Å². The van der Waals surface area contributed by atoms with Crippen LogP contribution < -0.4 is 4.74 Å². The van der Waals surface area contributed by atoms with Crippen LogP contribution in [0.25, 0.3) is 22.2 Å². The Labute approximate surface area is 121 Å². The lowest BCUT2D eigenvalue weighted by Crippen LogP contribution is -1.86. The van der Waals surface area contributed by atoms with E-state index in [0.717, 1.165) is 27.9 Å². The number of methoxy groups -OCH3 is 2. The molecule has 0 atom stereocenters. The third kappa shape index (κ3) is 2.53. The molecule has 4 heteroatoms. The second kappa shape index (κ2) is 5.61. The average Bonchev–Trinajstić information content (AvgIpc) is 2.95. The van der Waals surface area contributed by atoms with Gasteiger partial charge in [0.2, 0.25) is 0 Å². The van der Waals surface area contributed by atoms with Gasteiger partial charge in [-0.1, -0.05) is 6.07 Å². The van der Waals surface area contributed by atoms with Crippen molar-refractivity contribution in [3.8, 4) is 17.0 Å². The number of hydrogen-bond donors (Lipinski definition) is 0. The van der Waals surface area contributed by atoms with Gasteiger partial charge in [0.15, 0.2) is 0 Å². The molecule has 0 radical (unpaired) electrons. The van der Waals surface area contributed by atoms with E-state index in [4.69, 9.17) is 14.5 Å². The van der Waals surface area contributed by atoms with E-state index in [2.05, 4.69) is 17.5 Å². The van der Waals surface area contributed by atoms with E-state index in [1.54, 1.807) is 25.6 Å². The van der Waals surface area contributed by atoms with Gasteiger partial charge < -0.3 is 9.47 Å². The molecular weight excluding hydrogens is 270 g/mol. The van der Waals surface area contributed by atoms with E-state index in [1.165, 1.54) is 4.88 Å². The summed E-state index contributed by atoms with van der Waals surface area (Å²) in [4.78, 5) is 5.91. The molecule has 102 valence electrons. The van der Waals surface area contributed by atoms with Crippen LogP contribution in [-0.2, 0) is 11.3 Å². The summed E-state index contributed by atoms with van der Waals surface area (Å²) in [5.41, 5.74) is 3.10. The van der Waals surface area contributed by atoms with Crippen LogP contribution in [0, 0.1) is 0 Å². The summed E-state index contributed by atoms with van der Waals surface area (Å²) in [6, 6.07) is 12.2. The Balaban J connectivity index is 1.99. The molecule has 0 saturated carbocycles. The van der Waals surface area contributed by atoms with Gasteiger partial charge in [-0.15, -0.1) is 11.3 Å². The third-order valence-electron chi connectivity index (χ3n) is 3.13. The third-order valence-corrected chi connectivity index (χ3v) is 4.04. The van der Waals surface area contributed by atoms with Crippen molar-refractivity contribution >= 4 is 22.2 Å². The molecule has 2 heterocycles. The number of pyridine rings is 1. The second-order valence-corrected chi connectivity index (χ2v) is 5.49. The Morgan fingerprint density at radius 3 is 2.80 bits per heavy atom. The smallest absolute Gasteiger partial charge is 0.119 e. The van der Waals surface area contributed by atoms with E-state index in [9.17, 15) is 0 Å². The Hall–Kier alpha value is -1.91. The Kier molecular flexibility index (Phi) is 3.67. The Morgan fingerprint density at radius 2 is 2.00 bits per heavy atom. The van der Waals surface area contributed by atoms with Crippen molar-refractivity contribution in [1.29, 1.82) is 0 Å². The number of hydrogen-bond acceptors (Lipinski definition) is 4. The monoisotopic (exact) mass is 285 g/mol. The topological polar surface area (TPSA) is 31.4 Å². The normalized spacial score (nSPS) is 10.9. The number of ether oxygens (including phenoxy) is 2. The first-order chi connectivity index (χ1) is 9.80. The number of rotatable bonds is 4. The zero-order chi connectivity index (χ0) is 13.9. The molecule has 3 nitrogen and oxygen atoms in total. The molecule has 0 aliphatic heterocycles. The van der Waals surface area contributed by atoms with Gasteiger partial charge in [0.25, 0.3) is 0 Å². The van der Waals surface area contributed by atoms with Gasteiger partial charge in [-0.05, 0) is 30.3 Å². The average molecular weight is 285 g/mol. The van der Waals surface area contributed by atoms with Crippen LogP contribution in [0.4, 0.5) is 0 Å².